The minimum Gasteiger partial charge on any atom is -0.392 e. The van der Waals surface area contributed by atoms with Crippen molar-refractivity contribution in [1.82, 2.24) is 5.32 Å². The molecule has 0 bridgehead atoms. The summed E-state index contributed by atoms with van der Waals surface area (Å²) >= 11 is 1.59. The first-order valence-corrected chi connectivity index (χ1v) is 6.56. The molecule has 3 nitrogen and oxygen atoms in total. The van der Waals surface area contributed by atoms with E-state index in [1.165, 1.54) is 0 Å². The summed E-state index contributed by atoms with van der Waals surface area (Å²) in [6.45, 7) is 1.59. The van der Waals surface area contributed by atoms with E-state index in [1.807, 2.05) is 35.7 Å². The van der Waals surface area contributed by atoms with E-state index < -0.39 is 0 Å². The lowest BCUT2D eigenvalue weighted by molar-refractivity contribution is 0.281. The van der Waals surface area contributed by atoms with Crippen LogP contribution < -0.4 is 5.32 Å². The summed E-state index contributed by atoms with van der Waals surface area (Å²) in [5.41, 5.74) is 2.80. The molecule has 18 heavy (non-hydrogen) atoms. The number of hydrogen-bond donors (Lipinski definition) is 2. The molecule has 0 aliphatic rings. The average Bonchev–Trinajstić information content (AvgIpc) is 2.87. The van der Waals surface area contributed by atoms with E-state index in [1.54, 1.807) is 11.3 Å². The van der Waals surface area contributed by atoms with Gasteiger partial charge in [-0.05, 0) is 17.2 Å². The third-order valence-electron chi connectivity index (χ3n) is 2.59. The number of aliphatic hydroxyl groups excluding tert-OH is 1. The van der Waals surface area contributed by atoms with Crippen LogP contribution in [0.15, 0.2) is 35.7 Å². The van der Waals surface area contributed by atoms with Crippen LogP contribution in [0.1, 0.15) is 21.6 Å². The highest BCUT2D eigenvalue weighted by Crippen LogP contribution is 2.13. The number of benzene rings is 1. The van der Waals surface area contributed by atoms with Gasteiger partial charge in [-0.1, -0.05) is 24.3 Å². The second-order valence-electron chi connectivity index (χ2n) is 4.00. The zero-order valence-electron chi connectivity index (χ0n) is 9.89. The first-order chi connectivity index (χ1) is 8.81. The van der Waals surface area contributed by atoms with Crippen LogP contribution in [0.25, 0.3) is 0 Å². The topological polar surface area (TPSA) is 56.0 Å². The summed E-state index contributed by atoms with van der Waals surface area (Å²) in [5.74, 6) is 0. The highest BCUT2D eigenvalue weighted by Gasteiger charge is 1.99. The van der Waals surface area contributed by atoms with Gasteiger partial charge in [0.15, 0.2) is 0 Å². The van der Waals surface area contributed by atoms with Crippen molar-refractivity contribution in [1.29, 1.82) is 5.26 Å². The zero-order valence-corrected chi connectivity index (χ0v) is 10.7. The summed E-state index contributed by atoms with van der Waals surface area (Å²) in [7, 11) is 0. The fraction of sp³-hybridized carbons (Fsp3) is 0.214. The van der Waals surface area contributed by atoms with Gasteiger partial charge in [0.25, 0.3) is 0 Å². The number of rotatable bonds is 5. The van der Waals surface area contributed by atoms with E-state index in [9.17, 15) is 0 Å². The van der Waals surface area contributed by atoms with E-state index in [2.05, 4.69) is 11.4 Å². The van der Waals surface area contributed by atoms with Gasteiger partial charge in [0.2, 0.25) is 0 Å². The fourth-order valence-corrected chi connectivity index (χ4v) is 2.48. The summed E-state index contributed by atoms with van der Waals surface area (Å²) in [5, 5.41) is 23.0. The van der Waals surface area contributed by atoms with Crippen molar-refractivity contribution in [2.45, 2.75) is 19.7 Å². The van der Waals surface area contributed by atoms with Crippen LogP contribution in [-0.2, 0) is 19.7 Å². The van der Waals surface area contributed by atoms with Gasteiger partial charge in [0.05, 0.1) is 12.2 Å². The quantitative estimate of drug-likeness (QED) is 0.866. The number of nitrogens with one attached hydrogen (secondary N) is 1. The number of nitriles is 1. The Kier molecular flexibility index (Phi) is 4.48. The smallest absolute Gasteiger partial charge is 0.100 e. The molecule has 1 aromatic heterocycles. The molecule has 2 rings (SSSR count). The van der Waals surface area contributed by atoms with Gasteiger partial charge < -0.3 is 10.4 Å². The number of nitrogens with zero attached hydrogens (tertiary/aromatic N) is 1. The highest BCUT2D eigenvalue weighted by atomic mass is 32.1. The molecule has 0 unspecified atom stereocenters. The molecule has 1 aromatic carbocycles. The van der Waals surface area contributed by atoms with Gasteiger partial charge in [-0.2, -0.15) is 5.26 Å². The maximum Gasteiger partial charge on any atom is 0.100 e. The van der Waals surface area contributed by atoms with Crippen molar-refractivity contribution in [3.8, 4) is 6.07 Å². The van der Waals surface area contributed by atoms with Crippen molar-refractivity contribution >= 4 is 11.3 Å². The molecule has 0 saturated carbocycles. The third kappa shape index (κ3) is 3.41. The SMILES string of the molecule is N#Cc1csc(CNCc2cccc(CO)c2)c1. The Bertz CT molecular complexity index is 557. The standard InChI is InChI=1S/C14H14N2OS/c15-6-13-5-14(18-10-13)8-16-7-11-2-1-3-12(4-11)9-17/h1-5,10,16-17H,7-9H2. The van der Waals surface area contributed by atoms with Gasteiger partial charge in [-0.25, -0.2) is 0 Å². The first-order valence-electron chi connectivity index (χ1n) is 5.68. The first kappa shape index (κ1) is 12.8. The molecule has 4 heteroatoms. The van der Waals surface area contributed by atoms with Crippen LogP contribution in [0.2, 0.25) is 0 Å². The Morgan fingerprint density at radius 1 is 1.22 bits per heavy atom. The predicted molar refractivity (Wildman–Crippen MR) is 71.9 cm³/mol. The minimum atomic E-state index is 0.0737. The van der Waals surface area contributed by atoms with Crippen molar-refractivity contribution in [3.63, 3.8) is 0 Å². The lowest BCUT2D eigenvalue weighted by Crippen LogP contribution is -2.11. The van der Waals surface area contributed by atoms with E-state index in [4.69, 9.17) is 10.4 Å². The second-order valence-corrected chi connectivity index (χ2v) is 4.99. The van der Waals surface area contributed by atoms with Gasteiger partial charge >= 0.3 is 0 Å². The number of hydrogen-bond acceptors (Lipinski definition) is 4. The van der Waals surface area contributed by atoms with Crippen LogP contribution in [0, 0.1) is 11.3 Å². The second kappa shape index (κ2) is 6.31. The van der Waals surface area contributed by atoms with Crippen LogP contribution in [-0.4, -0.2) is 5.11 Å². The number of aliphatic hydroxyl groups is 1. The van der Waals surface area contributed by atoms with Gasteiger partial charge in [0.1, 0.15) is 6.07 Å². The predicted octanol–water partition coefficient (Wildman–Crippen LogP) is 2.40. The largest absolute Gasteiger partial charge is 0.392 e. The van der Waals surface area contributed by atoms with Crippen LogP contribution in [0.3, 0.4) is 0 Å². The molecule has 0 fully saturated rings. The van der Waals surface area contributed by atoms with E-state index >= 15 is 0 Å². The molecule has 2 aromatic rings. The van der Waals surface area contributed by atoms with Gasteiger partial charge in [0, 0.05) is 23.3 Å². The molecule has 1 heterocycles. The van der Waals surface area contributed by atoms with Gasteiger partial charge in [-0.15, -0.1) is 11.3 Å². The Morgan fingerprint density at radius 2 is 2.06 bits per heavy atom. The van der Waals surface area contributed by atoms with Crippen molar-refractivity contribution in [2.75, 3.05) is 0 Å². The van der Waals surface area contributed by atoms with E-state index in [-0.39, 0.29) is 6.61 Å². The van der Waals surface area contributed by atoms with Crippen molar-refractivity contribution in [3.05, 3.63) is 57.3 Å². The lowest BCUT2D eigenvalue weighted by Gasteiger charge is -2.05. The van der Waals surface area contributed by atoms with E-state index in [0.717, 1.165) is 34.7 Å². The monoisotopic (exact) mass is 258 g/mol. The molecule has 92 valence electrons. The molecule has 0 saturated heterocycles. The molecule has 0 aliphatic heterocycles. The summed E-state index contributed by atoms with van der Waals surface area (Å²) in [6, 6.07) is 11.9. The summed E-state index contributed by atoms with van der Waals surface area (Å²) < 4.78 is 0. The molecule has 0 aliphatic carbocycles. The third-order valence-corrected chi connectivity index (χ3v) is 3.52. The minimum absolute atomic E-state index is 0.0737. The Morgan fingerprint density at radius 3 is 2.78 bits per heavy atom. The van der Waals surface area contributed by atoms with Gasteiger partial charge in [-0.3, -0.25) is 0 Å². The molecule has 0 radical (unpaired) electrons. The molecular weight excluding hydrogens is 244 g/mol. The Hall–Kier alpha value is -1.67. The molecule has 0 amide bonds. The molecular formula is C14H14N2OS. The lowest BCUT2D eigenvalue weighted by atomic mass is 10.1. The Labute approximate surface area is 110 Å². The van der Waals surface area contributed by atoms with Crippen LogP contribution in [0.4, 0.5) is 0 Å². The van der Waals surface area contributed by atoms with Crippen molar-refractivity contribution < 1.29 is 5.11 Å². The zero-order chi connectivity index (χ0) is 12.8. The molecule has 2 N–H and O–H groups in total. The fourth-order valence-electron chi connectivity index (χ4n) is 1.70. The van der Waals surface area contributed by atoms with Crippen LogP contribution >= 0.6 is 11.3 Å². The van der Waals surface area contributed by atoms with E-state index in [0.29, 0.717) is 0 Å². The summed E-state index contributed by atoms with van der Waals surface area (Å²) in [6.07, 6.45) is 0. The maximum absolute atomic E-state index is 9.05. The normalized spacial score (nSPS) is 10.2. The average molecular weight is 258 g/mol. The summed E-state index contributed by atoms with van der Waals surface area (Å²) in [4.78, 5) is 1.16. The van der Waals surface area contributed by atoms with Crippen LogP contribution in [0.5, 0.6) is 0 Å². The number of thiophene rings is 1. The molecule has 0 spiro atoms. The molecule has 0 atom stereocenters. The van der Waals surface area contributed by atoms with Crippen molar-refractivity contribution in [2.24, 2.45) is 0 Å². The Balaban J connectivity index is 1.86. The highest BCUT2D eigenvalue weighted by molar-refractivity contribution is 7.10. The maximum atomic E-state index is 9.05.